The number of hydrogen-bond donors (Lipinski definition) is 0. The van der Waals surface area contributed by atoms with Crippen molar-refractivity contribution >= 4 is 11.6 Å². The largest absolute Gasteiger partial charge is 0.497 e. The van der Waals surface area contributed by atoms with Crippen LogP contribution in [0.2, 0.25) is 5.02 Å². The molecule has 5 heteroatoms. The Labute approximate surface area is 109 Å². The highest BCUT2D eigenvalue weighted by atomic mass is 35.5. The Kier molecular flexibility index (Phi) is 3.66. The standard InChI is InChI=1S/C13H9ClN2O2/c1-17-11-2-3-13(9(4-11)6-15)18-12-5-10(14)7-16-8-12/h2-5,7-8H,1H3. The van der Waals surface area contributed by atoms with Crippen LogP contribution in [0, 0.1) is 11.3 Å². The van der Waals surface area contributed by atoms with Gasteiger partial charge in [-0.2, -0.15) is 5.26 Å². The molecule has 0 amide bonds. The molecule has 18 heavy (non-hydrogen) atoms. The summed E-state index contributed by atoms with van der Waals surface area (Å²) >= 11 is 5.80. The van der Waals surface area contributed by atoms with Gasteiger partial charge in [0.2, 0.25) is 0 Å². The van der Waals surface area contributed by atoms with Gasteiger partial charge in [0.05, 0.1) is 23.9 Å². The summed E-state index contributed by atoms with van der Waals surface area (Å²) in [6.07, 6.45) is 3.03. The molecule has 0 saturated carbocycles. The quantitative estimate of drug-likeness (QED) is 0.849. The Morgan fingerprint density at radius 3 is 2.72 bits per heavy atom. The van der Waals surface area contributed by atoms with Crippen molar-refractivity contribution in [3.05, 3.63) is 47.2 Å². The number of nitrogens with zero attached hydrogens (tertiary/aromatic N) is 2. The topological polar surface area (TPSA) is 55.1 Å². The van der Waals surface area contributed by atoms with E-state index in [1.54, 1.807) is 24.3 Å². The van der Waals surface area contributed by atoms with E-state index in [1.165, 1.54) is 19.5 Å². The lowest BCUT2D eigenvalue weighted by Crippen LogP contribution is -1.91. The number of aromatic nitrogens is 1. The molecule has 0 N–H and O–H groups in total. The van der Waals surface area contributed by atoms with Gasteiger partial charge < -0.3 is 9.47 Å². The fourth-order valence-electron chi connectivity index (χ4n) is 1.39. The van der Waals surface area contributed by atoms with E-state index in [1.807, 2.05) is 6.07 Å². The first-order valence-corrected chi connectivity index (χ1v) is 5.47. The fourth-order valence-corrected chi connectivity index (χ4v) is 1.55. The summed E-state index contributed by atoms with van der Waals surface area (Å²) in [5.74, 6) is 1.51. The molecule has 4 nitrogen and oxygen atoms in total. The first-order valence-electron chi connectivity index (χ1n) is 5.09. The highest BCUT2D eigenvalue weighted by molar-refractivity contribution is 6.30. The normalized spacial score (nSPS) is 9.61. The van der Waals surface area contributed by atoms with Crippen LogP contribution in [0.3, 0.4) is 0 Å². The van der Waals surface area contributed by atoms with E-state index in [0.717, 1.165) is 0 Å². The fraction of sp³-hybridized carbons (Fsp3) is 0.0769. The lowest BCUT2D eigenvalue weighted by molar-refractivity contribution is 0.412. The molecule has 0 radical (unpaired) electrons. The number of nitriles is 1. The van der Waals surface area contributed by atoms with E-state index < -0.39 is 0 Å². The number of halogens is 1. The van der Waals surface area contributed by atoms with Crippen LogP contribution in [0.4, 0.5) is 0 Å². The van der Waals surface area contributed by atoms with Crippen LogP contribution in [-0.2, 0) is 0 Å². The Balaban J connectivity index is 2.32. The summed E-state index contributed by atoms with van der Waals surface area (Å²) in [5, 5.41) is 9.52. The summed E-state index contributed by atoms with van der Waals surface area (Å²) in [4.78, 5) is 3.91. The molecule has 0 bridgehead atoms. The van der Waals surface area contributed by atoms with Gasteiger partial charge >= 0.3 is 0 Å². The molecule has 0 unspecified atom stereocenters. The molecule has 0 aliphatic rings. The average Bonchev–Trinajstić information content (AvgIpc) is 2.39. The van der Waals surface area contributed by atoms with Crippen LogP contribution < -0.4 is 9.47 Å². The maximum Gasteiger partial charge on any atom is 0.147 e. The number of rotatable bonds is 3. The molecule has 0 aliphatic heterocycles. The zero-order valence-electron chi connectivity index (χ0n) is 9.55. The highest BCUT2D eigenvalue weighted by Gasteiger charge is 2.07. The van der Waals surface area contributed by atoms with Crippen LogP contribution in [0.1, 0.15) is 5.56 Å². The zero-order valence-corrected chi connectivity index (χ0v) is 10.3. The van der Waals surface area contributed by atoms with Crippen LogP contribution in [0.5, 0.6) is 17.2 Å². The summed E-state index contributed by atoms with van der Waals surface area (Å²) in [6.45, 7) is 0. The van der Waals surface area contributed by atoms with Crippen molar-refractivity contribution in [1.82, 2.24) is 4.98 Å². The minimum Gasteiger partial charge on any atom is -0.497 e. The van der Waals surface area contributed by atoms with Crippen LogP contribution in [-0.4, -0.2) is 12.1 Å². The van der Waals surface area contributed by atoms with Gasteiger partial charge in [-0.15, -0.1) is 0 Å². The van der Waals surface area contributed by atoms with Crippen molar-refractivity contribution in [3.63, 3.8) is 0 Å². The van der Waals surface area contributed by atoms with Crippen LogP contribution in [0.15, 0.2) is 36.7 Å². The first-order chi connectivity index (χ1) is 8.72. The second-order valence-corrected chi connectivity index (χ2v) is 3.85. The summed E-state index contributed by atoms with van der Waals surface area (Å²) in [7, 11) is 1.54. The molecule has 0 saturated heterocycles. The molecular formula is C13H9ClN2O2. The Bertz CT molecular complexity index is 608. The van der Waals surface area contributed by atoms with Crippen molar-refractivity contribution < 1.29 is 9.47 Å². The number of methoxy groups -OCH3 is 1. The van der Waals surface area contributed by atoms with Gasteiger partial charge in [0.15, 0.2) is 0 Å². The average molecular weight is 261 g/mol. The van der Waals surface area contributed by atoms with Crippen molar-refractivity contribution in [3.8, 4) is 23.3 Å². The molecule has 2 aromatic rings. The number of benzene rings is 1. The van der Waals surface area contributed by atoms with Crippen molar-refractivity contribution in [2.24, 2.45) is 0 Å². The number of ether oxygens (including phenoxy) is 2. The third kappa shape index (κ3) is 2.70. The smallest absolute Gasteiger partial charge is 0.147 e. The molecule has 1 aromatic heterocycles. The van der Waals surface area contributed by atoms with Gasteiger partial charge in [-0.25, -0.2) is 0 Å². The van der Waals surface area contributed by atoms with E-state index in [-0.39, 0.29) is 0 Å². The maximum absolute atomic E-state index is 9.04. The Hall–Kier alpha value is -2.25. The van der Waals surface area contributed by atoms with Crippen LogP contribution >= 0.6 is 11.6 Å². The van der Waals surface area contributed by atoms with E-state index >= 15 is 0 Å². The third-order valence-electron chi connectivity index (χ3n) is 2.21. The molecule has 0 aliphatic carbocycles. The lowest BCUT2D eigenvalue weighted by Gasteiger charge is -2.08. The van der Waals surface area contributed by atoms with Gasteiger partial charge in [-0.1, -0.05) is 11.6 Å². The summed E-state index contributed by atoms with van der Waals surface area (Å²) < 4.78 is 10.6. The van der Waals surface area contributed by atoms with E-state index in [4.69, 9.17) is 26.3 Å². The summed E-state index contributed by atoms with van der Waals surface area (Å²) in [6, 6.07) is 8.66. The van der Waals surface area contributed by atoms with E-state index in [9.17, 15) is 0 Å². The predicted molar refractivity (Wildman–Crippen MR) is 67.0 cm³/mol. The minimum atomic E-state index is 0.384. The second-order valence-electron chi connectivity index (χ2n) is 3.41. The SMILES string of the molecule is COc1ccc(Oc2cncc(Cl)c2)c(C#N)c1. The van der Waals surface area contributed by atoms with Gasteiger partial charge in [0.25, 0.3) is 0 Å². The number of pyridine rings is 1. The van der Waals surface area contributed by atoms with Crippen molar-refractivity contribution in [2.45, 2.75) is 0 Å². The third-order valence-corrected chi connectivity index (χ3v) is 2.42. The molecule has 0 atom stereocenters. The zero-order chi connectivity index (χ0) is 13.0. The van der Waals surface area contributed by atoms with Gasteiger partial charge in [-0.3, -0.25) is 4.98 Å². The first kappa shape index (κ1) is 12.2. The van der Waals surface area contributed by atoms with Crippen molar-refractivity contribution in [2.75, 3.05) is 7.11 Å². The molecular weight excluding hydrogens is 252 g/mol. The molecule has 0 fully saturated rings. The summed E-state index contributed by atoms with van der Waals surface area (Å²) in [5.41, 5.74) is 0.384. The highest BCUT2D eigenvalue weighted by Crippen LogP contribution is 2.28. The Morgan fingerprint density at radius 1 is 1.22 bits per heavy atom. The predicted octanol–water partition coefficient (Wildman–Crippen LogP) is 3.41. The van der Waals surface area contributed by atoms with Gasteiger partial charge in [-0.05, 0) is 12.1 Å². The van der Waals surface area contributed by atoms with Gasteiger partial charge in [0, 0.05) is 18.3 Å². The lowest BCUT2D eigenvalue weighted by atomic mass is 10.2. The number of hydrogen-bond acceptors (Lipinski definition) is 4. The van der Waals surface area contributed by atoms with Gasteiger partial charge in [0.1, 0.15) is 23.3 Å². The molecule has 0 spiro atoms. The monoisotopic (exact) mass is 260 g/mol. The van der Waals surface area contributed by atoms with Crippen LogP contribution in [0.25, 0.3) is 0 Å². The molecule has 1 aromatic carbocycles. The molecule has 2 rings (SSSR count). The van der Waals surface area contributed by atoms with Crippen molar-refractivity contribution in [1.29, 1.82) is 5.26 Å². The molecule has 1 heterocycles. The molecule has 90 valence electrons. The van der Waals surface area contributed by atoms with E-state index in [0.29, 0.717) is 27.8 Å². The minimum absolute atomic E-state index is 0.384. The Morgan fingerprint density at radius 2 is 2.06 bits per heavy atom. The maximum atomic E-state index is 9.04. The van der Waals surface area contributed by atoms with E-state index in [2.05, 4.69) is 4.98 Å². The second kappa shape index (κ2) is 5.39.